The van der Waals surface area contributed by atoms with Crippen LogP contribution in [0.3, 0.4) is 0 Å². The normalized spacial score (nSPS) is 9.62. The predicted octanol–water partition coefficient (Wildman–Crippen LogP) is 1.17. The SMILES string of the molecule is CCNC(=O)Nc1ccccc1OCCN. The fraction of sp³-hybridized carbons (Fsp3) is 0.364. The first-order chi connectivity index (χ1) is 7.77. The Balaban J connectivity index is 2.66. The van der Waals surface area contributed by atoms with Gasteiger partial charge in [0, 0.05) is 13.1 Å². The van der Waals surface area contributed by atoms with Gasteiger partial charge < -0.3 is 21.1 Å². The molecule has 0 aliphatic rings. The molecule has 0 spiro atoms. The molecule has 16 heavy (non-hydrogen) atoms. The van der Waals surface area contributed by atoms with Crippen LogP contribution in [0.1, 0.15) is 6.92 Å². The molecule has 5 heteroatoms. The van der Waals surface area contributed by atoms with Gasteiger partial charge in [-0.1, -0.05) is 12.1 Å². The molecule has 5 nitrogen and oxygen atoms in total. The minimum absolute atomic E-state index is 0.244. The summed E-state index contributed by atoms with van der Waals surface area (Å²) in [4.78, 5) is 11.3. The molecule has 0 saturated carbocycles. The van der Waals surface area contributed by atoms with Gasteiger partial charge in [-0.05, 0) is 19.1 Å². The number of nitrogens with two attached hydrogens (primary N) is 1. The van der Waals surface area contributed by atoms with Crippen LogP contribution < -0.4 is 21.1 Å². The zero-order valence-corrected chi connectivity index (χ0v) is 9.32. The molecule has 1 aromatic carbocycles. The highest BCUT2D eigenvalue weighted by molar-refractivity contribution is 5.90. The number of ether oxygens (including phenoxy) is 1. The Kier molecular flexibility index (Phi) is 5.15. The predicted molar refractivity (Wildman–Crippen MR) is 63.7 cm³/mol. The fourth-order valence-corrected chi connectivity index (χ4v) is 1.19. The Morgan fingerprint density at radius 2 is 2.19 bits per heavy atom. The Bertz CT molecular complexity index is 342. The summed E-state index contributed by atoms with van der Waals surface area (Å²) in [5.74, 6) is 0.624. The van der Waals surface area contributed by atoms with Gasteiger partial charge in [-0.2, -0.15) is 0 Å². The molecule has 0 unspecified atom stereocenters. The second-order valence-corrected chi connectivity index (χ2v) is 3.12. The standard InChI is InChI=1S/C11H17N3O2/c1-2-13-11(15)14-9-5-3-4-6-10(9)16-8-7-12/h3-6H,2,7-8,12H2,1H3,(H2,13,14,15). The molecule has 0 aromatic heterocycles. The number of hydrogen-bond donors (Lipinski definition) is 3. The van der Waals surface area contributed by atoms with Crippen molar-refractivity contribution in [2.75, 3.05) is 25.0 Å². The molecular weight excluding hydrogens is 206 g/mol. The molecule has 4 N–H and O–H groups in total. The van der Waals surface area contributed by atoms with Gasteiger partial charge in [0.05, 0.1) is 5.69 Å². The molecule has 0 aliphatic heterocycles. The van der Waals surface area contributed by atoms with Crippen LogP contribution in [0.25, 0.3) is 0 Å². The number of carbonyl (C=O) groups is 1. The van der Waals surface area contributed by atoms with Crippen molar-refractivity contribution in [3.05, 3.63) is 24.3 Å². The Hall–Kier alpha value is -1.75. The summed E-state index contributed by atoms with van der Waals surface area (Å²) in [5, 5.41) is 5.35. The monoisotopic (exact) mass is 223 g/mol. The summed E-state index contributed by atoms with van der Waals surface area (Å²) in [5.41, 5.74) is 5.99. The molecule has 0 radical (unpaired) electrons. The average Bonchev–Trinajstić information content (AvgIpc) is 2.28. The molecule has 1 rings (SSSR count). The highest BCUT2D eigenvalue weighted by atomic mass is 16.5. The third kappa shape index (κ3) is 3.78. The van der Waals surface area contributed by atoms with E-state index in [1.54, 1.807) is 12.1 Å². The van der Waals surface area contributed by atoms with Crippen LogP contribution >= 0.6 is 0 Å². The van der Waals surface area contributed by atoms with E-state index < -0.39 is 0 Å². The highest BCUT2D eigenvalue weighted by Gasteiger charge is 2.05. The quantitative estimate of drug-likeness (QED) is 0.701. The van der Waals surface area contributed by atoms with Gasteiger partial charge in [-0.15, -0.1) is 0 Å². The fourth-order valence-electron chi connectivity index (χ4n) is 1.19. The van der Waals surface area contributed by atoms with Gasteiger partial charge in [0.1, 0.15) is 12.4 Å². The van der Waals surface area contributed by atoms with E-state index in [4.69, 9.17) is 10.5 Å². The maximum Gasteiger partial charge on any atom is 0.319 e. The molecule has 88 valence electrons. The minimum Gasteiger partial charge on any atom is -0.490 e. The number of rotatable bonds is 5. The van der Waals surface area contributed by atoms with E-state index in [2.05, 4.69) is 10.6 Å². The van der Waals surface area contributed by atoms with Gasteiger partial charge in [0.2, 0.25) is 0 Å². The Morgan fingerprint density at radius 3 is 2.88 bits per heavy atom. The van der Waals surface area contributed by atoms with Crippen molar-refractivity contribution in [2.24, 2.45) is 5.73 Å². The lowest BCUT2D eigenvalue weighted by atomic mass is 10.3. The summed E-state index contributed by atoms with van der Waals surface area (Å²) < 4.78 is 5.40. The number of hydrogen-bond acceptors (Lipinski definition) is 3. The van der Waals surface area contributed by atoms with Crippen molar-refractivity contribution in [2.45, 2.75) is 6.92 Å². The van der Waals surface area contributed by atoms with Crippen LogP contribution in [0.2, 0.25) is 0 Å². The van der Waals surface area contributed by atoms with Crippen molar-refractivity contribution < 1.29 is 9.53 Å². The summed E-state index contributed by atoms with van der Waals surface area (Å²) >= 11 is 0. The van der Waals surface area contributed by atoms with E-state index in [0.717, 1.165) is 0 Å². The first-order valence-electron chi connectivity index (χ1n) is 5.24. The number of carbonyl (C=O) groups excluding carboxylic acids is 1. The molecule has 0 saturated heterocycles. The third-order valence-electron chi connectivity index (χ3n) is 1.85. The average molecular weight is 223 g/mol. The van der Waals surface area contributed by atoms with Gasteiger partial charge in [0.25, 0.3) is 0 Å². The molecule has 2 amide bonds. The second kappa shape index (κ2) is 6.68. The van der Waals surface area contributed by atoms with Crippen LogP contribution in [0.5, 0.6) is 5.75 Å². The van der Waals surface area contributed by atoms with Crippen LogP contribution in [-0.4, -0.2) is 25.7 Å². The summed E-state index contributed by atoms with van der Waals surface area (Å²) in [6, 6.07) is 7.00. The third-order valence-corrected chi connectivity index (χ3v) is 1.85. The molecule has 0 heterocycles. The zero-order valence-electron chi connectivity index (χ0n) is 9.32. The number of amides is 2. The minimum atomic E-state index is -0.244. The first-order valence-corrected chi connectivity index (χ1v) is 5.24. The lowest BCUT2D eigenvalue weighted by Crippen LogP contribution is -2.28. The van der Waals surface area contributed by atoms with Crippen molar-refractivity contribution in [1.29, 1.82) is 0 Å². The number of urea groups is 1. The first kappa shape index (κ1) is 12.3. The van der Waals surface area contributed by atoms with Crippen molar-refractivity contribution in [3.8, 4) is 5.75 Å². The van der Waals surface area contributed by atoms with Crippen LogP contribution in [0.4, 0.5) is 10.5 Å². The summed E-state index contributed by atoms with van der Waals surface area (Å²) in [6.45, 7) is 3.30. The van der Waals surface area contributed by atoms with Crippen molar-refractivity contribution >= 4 is 11.7 Å². The molecule has 1 aromatic rings. The second-order valence-electron chi connectivity index (χ2n) is 3.12. The Labute approximate surface area is 95.0 Å². The zero-order chi connectivity index (χ0) is 11.8. The molecule has 0 atom stereocenters. The summed E-state index contributed by atoms with van der Waals surface area (Å²) in [6.07, 6.45) is 0. The topological polar surface area (TPSA) is 76.4 Å². The van der Waals surface area contributed by atoms with Gasteiger partial charge in [-0.25, -0.2) is 4.79 Å². The maximum absolute atomic E-state index is 11.3. The van der Waals surface area contributed by atoms with Gasteiger partial charge in [0.15, 0.2) is 0 Å². The lowest BCUT2D eigenvalue weighted by molar-refractivity contribution is 0.252. The van der Waals surface area contributed by atoms with E-state index in [1.807, 2.05) is 19.1 Å². The van der Waals surface area contributed by atoms with E-state index in [-0.39, 0.29) is 6.03 Å². The number of para-hydroxylation sites is 2. The molecule has 0 bridgehead atoms. The van der Waals surface area contributed by atoms with E-state index in [0.29, 0.717) is 31.1 Å². The van der Waals surface area contributed by atoms with E-state index in [1.165, 1.54) is 0 Å². The van der Waals surface area contributed by atoms with E-state index >= 15 is 0 Å². The molecule has 0 aliphatic carbocycles. The summed E-state index contributed by atoms with van der Waals surface area (Å²) in [7, 11) is 0. The smallest absolute Gasteiger partial charge is 0.319 e. The number of anilines is 1. The van der Waals surface area contributed by atoms with Crippen LogP contribution in [0.15, 0.2) is 24.3 Å². The molecular formula is C11H17N3O2. The van der Waals surface area contributed by atoms with Gasteiger partial charge >= 0.3 is 6.03 Å². The van der Waals surface area contributed by atoms with Crippen molar-refractivity contribution in [1.82, 2.24) is 5.32 Å². The van der Waals surface area contributed by atoms with Crippen molar-refractivity contribution in [3.63, 3.8) is 0 Å². The largest absolute Gasteiger partial charge is 0.490 e. The molecule has 0 fully saturated rings. The van der Waals surface area contributed by atoms with Crippen LogP contribution in [0, 0.1) is 0 Å². The maximum atomic E-state index is 11.3. The van der Waals surface area contributed by atoms with Crippen LogP contribution in [-0.2, 0) is 0 Å². The van der Waals surface area contributed by atoms with E-state index in [9.17, 15) is 4.79 Å². The number of nitrogens with one attached hydrogen (secondary N) is 2. The number of benzene rings is 1. The van der Waals surface area contributed by atoms with Gasteiger partial charge in [-0.3, -0.25) is 0 Å². The Morgan fingerprint density at radius 1 is 1.44 bits per heavy atom. The highest BCUT2D eigenvalue weighted by Crippen LogP contribution is 2.23. The lowest BCUT2D eigenvalue weighted by Gasteiger charge is -2.11.